The van der Waals surface area contributed by atoms with E-state index in [1.165, 1.54) is 22.7 Å². The number of thiazole rings is 3. The molecule has 0 saturated heterocycles. The van der Waals surface area contributed by atoms with Crippen LogP contribution in [0.25, 0.3) is 62.4 Å². The Hall–Kier alpha value is -2.81. The first kappa shape index (κ1) is 39.9. The van der Waals surface area contributed by atoms with Crippen molar-refractivity contribution in [2.75, 3.05) is 0 Å². The van der Waals surface area contributed by atoms with Crippen molar-refractivity contribution >= 4 is 126 Å². The Balaban J connectivity index is 0.00000240. The summed E-state index contributed by atoms with van der Waals surface area (Å²) in [6.45, 7) is 3.19. The SMILES string of the molecule is Cc1ccc2nc(-c3ccc(N=Nc4ccc(-c5nc6ccc(-c7nc8ccc(C)c(S(=O)(=O)[O-])c8s7)cc6s5)cc4)cc3)sc2c1S(=O)(=O)[O-].[Na+].[Na]. The zero-order chi connectivity index (χ0) is 35.7. The van der Waals surface area contributed by atoms with Gasteiger partial charge >= 0.3 is 29.6 Å². The van der Waals surface area contributed by atoms with Crippen LogP contribution in [0.5, 0.6) is 0 Å². The maximum atomic E-state index is 11.9. The summed E-state index contributed by atoms with van der Waals surface area (Å²) in [5.41, 5.74) is 6.23. The van der Waals surface area contributed by atoms with Gasteiger partial charge in [0.1, 0.15) is 35.3 Å². The molecule has 3 aromatic heterocycles. The van der Waals surface area contributed by atoms with Crippen LogP contribution in [0.4, 0.5) is 11.4 Å². The number of rotatable bonds is 7. The van der Waals surface area contributed by atoms with E-state index in [2.05, 4.69) is 20.2 Å². The smallest absolute Gasteiger partial charge is 0.744 e. The van der Waals surface area contributed by atoms with E-state index in [0.717, 1.165) is 43.3 Å². The average Bonchev–Trinajstić information content (AvgIpc) is 3.83. The first-order valence-electron chi connectivity index (χ1n) is 15.1. The van der Waals surface area contributed by atoms with Crippen LogP contribution < -0.4 is 29.6 Å². The predicted octanol–water partition coefficient (Wildman–Crippen LogP) is 5.98. The molecule has 0 bridgehead atoms. The molecular weight excluding hydrogens is 793 g/mol. The van der Waals surface area contributed by atoms with E-state index in [1.54, 1.807) is 50.2 Å². The van der Waals surface area contributed by atoms with Crippen LogP contribution in [-0.2, 0) is 20.2 Å². The average molecular weight is 814 g/mol. The zero-order valence-electron chi connectivity index (χ0n) is 28.4. The minimum atomic E-state index is -4.66. The molecule has 0 spiro atoms. The molecule has 0 aliphatic heterocycles. The standard InChI is InChI=1S/C35H23N5O6S5.2Na/c1-18-3-14-26-29(31(18)50(41,42)43)48-34(37-26)21-7-12-24(13-8-21)40-39-23-10-5-20(6-11-23)33-36-25-16-9-22(17-28(25)47-33)35-38-27-15-4-19(2)32(30(27)49-35)51(44,45)46;;/h3-17H,1-2H3,(H,41,42,43)(H,44,45,46);;/q;;+1/p-2. The Morgan fingerprint density at radius 2 is 0.906 bits per heavy atom. The Labute approximate surface area is 360 Å². The number of fused-ring (bicyclic) bond motifs is 3. The van der Waals surface area contributed by atoms with E-state index in [1.807, 2.05) is 54.6 Å². The summed E-state index contributed by atoms with van der Waals surface area (Å²) in [6.07, 6.45) is 0. The first-order chi connectivity index (χ1) is 24.3. The normalized spacial score (nSPS) is 12.1. The molecule has 0 aliphatic rings. The Bertz CT molecular complexity index is 2940. The molecule has 0 fully saturated rings. The molecule has 0 atom stereocenters. The van der Waals surface area contributed by atoms with Gasteiger partial charge in [0.25, 0.3) is 0 Å². The summed E-state index contributed by atoms with van der Waals surface area (Å²) in [5, 5.41) is 10.7. The quantitative estimate of drug-likeness (QED) is 0.106. The van der Waals surface area contributed by atoms with Crippen molar-refractivity contribution in [2.24, 2.45) is 10.2 Å². The van der Waals surface area contributed by atoms with Gasteiger partial charge in [-0.25, -0.2) is 31.8 Å². The van der Waals surface area contributed by atoms with Crippen molar-refractivity contribution in [3.05, 3.63) is 102 Å². The number of azo groups is 1. The van der Waals surface area contributed by atoms with E-state index in [-0.39, 0.29) is 68.9 Å². The van der Waals surface area contributed by atoms with Gasteiger partial charge in [-0.1, -0.05) is 12.1 Å². The molecule has 1 radical (unpaired) electrons. The molecular formula is C35H21N5Na2O6S5-. The molecule has 0 saturated carbocycles. The maximum absolute atomic E-state index is 11.9. The zero-order valence-corrected chi connectivity index (χ0v) is 36.5. The van der Waals surface area contributed by atoms with Gasteiger partial charge in [0.15, 0.2) is 0 Å². The van der Waals surface area contributed by atoms with Crippen molar-refractivity contribution in [1.29, 1.82) is 0 Å². The van der Waals surface area contributed by atoms with Crippen molar-refractivity contribution in [1.82, 2.24) is 15.0 Å². The summed E-state index contributed by atoms with van der Waals surface area (Å²) >= 11 is 3.85. The minimum absolute atomic E-state index is 0. The fraction of sp³-hybridized carbons (Fsp3) is 0.0571. The number of benzene rings is 5. The summed E-state index contributed by atoms with van der Waals surface area (Å²) in [7, 11) is -9.31. The molecule has 11 nitrogen and oxygen atoms in total. The molecule has 0 amide bonds. The van der Waals surface area contributed by atoms with Gasteiger partial charge in [0, 0.05) is 46.2 Å². The number of nitrogens with zero attached hydrogens (tertiary/aromatic N) is 5. The number of aryl methyl sites for hydroxylation is 2. The molecule has 255 valence electrons. The second-order valence-corrected chi connectivity index (χ2v) is 17.2. The summed E-state index contributed by atoms with van der Waals surface area (Å²) in [5.74, 6) is 0. The van der Waals surface area contributed by atoms with Crippen molar-refractivity contribution in [2.45, 2.75) is 23.6 Å². The van der Waals surface area contributed by atoms with Crippen molar-refractivity contribution < 1.29 is 55.5 Å². The molecule has 8 rings (SSSR count). The van der Waals surface area contributed by atoms with Crippen LogP contribution in [0.3, 0.4) is 0 Å². The fourth-order valence-electron chi connectivity index (χ4n) is 5.64. The van der Waals surface area contributed by atoms with Gasteiger partial charge in [0.05, 0.1) is 51.8 Å². The van der Waals surface area contributed by atoms with E-state index in [0.29, 0.717) is 53.0 Å². The maximum Gasteiger partial charge on any atom is 1.00 e. The van der Waals surface area contributed by atoms with Crippen molar-refractivity contribution in [3.8, 4) is 31.7 Å². The summed E-state index contributed by atoms with van der Waals surface area (Å²) in [6, 6.07) is 27.1. The first-order valence-corrected chi connectivity index (χ1v) is 20.3. The van der Waals surface area contributed by atoms with Crippen LogP contribution in [0.15, 0.2) is 111 Å². The molecule has 8 aromatic rings. The van der Waals surface area contributed by atoms with E-state index in [4.69, 9.17) is 4.98 Å². The molecule has 5 aromatic carbocycles. The third-order valence-corrected chi connectivity index (χ3v) is 13.7. The van der Waals surface area contributed by atoms with Gasteiger partial charge in [-0.3, -0.25) is 0 Å². The van der Waals surface area contributed by atoms with Crippen LogP contribution in [0.2, 0.25) is 0 Å². The van der Waals surface area contributed by atoms with E-state index >= 15 is 0 Å². The second kappa shape index (κ2) is 15.4. The van der Waals surface area contributed by atoms with Crippen LogP contribution >= 0.6 is 34.0 Å². The topological polar surface area (TPSA) is 178 Å². The third kappa shape index (κ3) is 7.98. The van der Waals surface area contributed by atoms with Crippen molar-refractivity contribution in [3.63, 3.8) is 0 Å². The van der Waals surface area contributed by atoms with E-state index in [9.17, 15) is 25.9 Å². The third-order valence-electron chi connectivity index (χ3n) is 8.06. The van der Waals surface area contributed by atoms with Gasteiger partial charge in [-0.05, 0) is 104 Å². The van der Waals surface area contributed by atoms with Gasteiger partial charge in [0.2, 0.25) is 0 Å². The summed E-state index contributed by atoms with van der Waals surface area (Å²) in [4.78, 5) is 13.5. The van der Waals surface area contributed by atoms with Crippen LogP contribution in [-0.4, -0.2) is 70.5 Å². The Morgan fingerprint density at radius 3 is 1.36 bits per heavy atom. The number of hydrogen-bond donors (Lipinski definition) is 0. The molecule has 0 unspecified atom stereocenters. The fourth-order valence-corrected chi connectivity index (χ4v) is 11.2. The van der Waals surface area contributed by atoms with Crippen LogP contribution in [0, 0.1) is 13.8 Å². The molecule has 0 N–H and O–H groups in total. The molecule has 53 heavy (non-hydrogen) atoms. The monoisotopic (exact) mass is 813 g/mol. The number of hydrogen-bond acceptors (Lipinski definition) is 14. The largest absolute Gasteiger partial charge is 1.00 e. The minimum Gasteiger partial charge on any atom is -0.744 e. The van der Waals surface area contributed by atoms with Gasteiger partial charge in [-0.2, -0.15) is 10.2 Å². The second-order valence-electron chi connectivity index (χ2n) is 11.6. The van der Waals surface area contributed by atoms with Gasteiger partial charge < -0.3 is 9.11 Å². The number of aromatic nitrogens is 3. The predicted molar refractivity (Wildman–Crippen MR) is 204 cm³/mol. The molecule has 3 heterocycles. The Kier molecular flexibility index (Phi) is 11.6. The van der Waals surface area contributed by atoms with Gasteiger partial charge in [-0.15, -0.1) is 34.0 Å². The summed E-state index contributed by atoms with van der Waals surface area (Å²) < 4.78 is 73.1. The Morgan fingerprint density at radius 1 is 0.528 bits per heavy atom. The molecule has 18 heteroatoms. The van der Waals surface area contributed by atoms with E-state index < -0.39 is 20.2 Å². The molecule has 0 aliphatic carbocycles. The van der Waals surface area contributed by atoms with Crippen LogP contribution in [0.1, 0.15) is 11.1 Å².